The van der Waals surface area contributed by atoms with Gasteiger partial charge in [-0.05, 0) is 73.5 Å². The fraction of sp³-hybridized carbons (Fsp3) is 0.0952. The number of amides is 2. The number of anilines is 3. The first-order valence-corrected chi connectivity index (χ1v) is 9.57. The van der Waals surface area contributed by atoms with Crippen molar-refractivity contribution in [3.05, 3.63) is 83.4 Å². The normalized spacial score (nSPS) is 10.3. The van der Waals surface area contributed by atoms with Gasteiger partial charge in [-0.15, -0.1) is 0 Å². The van der Waals surface area contributed by atoms with Gasteiger partial charge in [0.1, 0.15) is 0 Å². The molecule has 0 radical (unpaired) electrons. The van der Waals surface area contributed by atoms with Gasteiger partial charge in [0.2, 0.25) is 0 Å². The summed E-state index contributed by atoms with van der Waals surface area (Å²) in [6.45, 7) is 2.01. The predicted octanol–water partition coefficient (Wildman–Crippen LogP) is 6.44. The summed E-state index contributed by atoms with van der Waals surface area (Å²) in [5.74, 6) is 0. The van der Waals surface area contributed by atoms with Crippen molar-refractivity contribution >= 4 is 46.6 Å². The van der Waals surface area contributed by atoms with Crippen LogP contribution in [0.2, 0.25) is 5.02 Å². The summed E-state index contributed by atoms with van der Waals surface area (Å²) in [6.07, 6.45) is 0. The van der Waals surface area contributed by atoms with Crippen LogP contribution in [-0.4, -0.2) is 13.1 Å². The summed E-state index contributed by atoms with van der Waals surface area (Å²) < 4.78 is 2.04. The Labute approximate surface area is 168 Å². The zero-order valence-electron chi connectivity index (χ0n) is 15.1. The monoisotopic (exact) mass is 397 g/mol. The Balaban J connectivity index is 1.61. The molecule has 2 N–H and O–H groups in total. The second-order valence-electron chi connectivity index (χ2n) is 6.04. The minimum atomic E-state index is -0.271. The average molecular weight is 398 g/mol. The SMILES string of the molecule is Cc1ccc(NC(=O)Nc2cccc(SN(C)c3ccc(Cl)cc3)c2)cc1. The summed E-state index contributed by atoms with van der Waals surface area (Å²) in [6, 6.07) is 22.8. The number of rotatable bonds is 5. The summed E-state index contributed by atoms with van der Waals surface area (Å²) in [7, 11) is 1.98. The molecule has 0 saturated carbocycles. The molecule has 27 heavy (non-hydrogen) atoms. The number of hydrogen-bond donors (Lipinski definition) is 2. The molecule has 0 aliphatic carbocycles. The van der Waals surface area contributed by atoms with E-state index in [0.717, 1.165) is 27.5 Å². The molecule has 3 aromatic rings. The Bertz CT molecular complexity index is 913. The number of nitrogens with one attached hydrogen (secondary N) is 2. The lowest BCUT2D eigenvalue weighted by Gasteiger charge is -2.18. The number of halogens is 1. The van der Waals surface area contributed by atoms with Gasteiger partial charge in [-0.25, -0.2) is 4.79 Å². The second-order valence-corrected chi connectivity index (χ2v) is 7.68. The molecule has 138 valence electrons. The van der Waals surface area contributed by atoms with E-state index >= 15 is 0 Å². The Hall–Kier alpha value is -2.63. The molecule has 0 saturated heterocycles. The van der Waals surface area contributed by atoms with Gasteiger partial charge in [-0.2, -0.15) is 0 Å². The topological polar surface area (TPSA) is 44.4 Å². The van der Waals surface area contributed by atoms with Crippen molar-refractivity contribution in [1.29, 1.82) is 0 Å². The first-order valence-electron chi connectivity index (χ1n) is 8.41. The number of nitrogens with zero attached hydrogens (tertiary/aromatic N) is 1. The van der Waals surface area contributed by atoms with Crippen LogP contribution in [0, 0.1) is 6.92 Å². The fourth-order valence-corrected chi connectivity index (χ4v) is 3.41. The minimum absolute atomic E-state index is 0.271. The number of aryl methyl sites for hydroxylation is 1. The van der Waals surface area contributed by atoms with Crippen molar-refractivity contribution in [2.45, 2.75) is 11.8 Å². The zero-order valence-corrected chi connectivity index (χ0v) is 16.6. The van der Waals surface area contributed by atoms with E-state index < -0.39 is 0 Å². The van der Waals surface area contributed by atoms with Gasteiger partial charge in [0.05, 0.1) is 0 Å². The van der Waals surface area contributed by atoms with E-state index in [4.69, 9.17) is 11.6 Å². The summed E-state index contributed by atoms with van der Waals surface area (Å²) >= 11 is 7.51. The Morgan fingerprint density at radius 1 is 0.926 bits per heavy atom. The Kier molecular flexibility index (Phi) is 6.27. The zero-order chi connectivity index (χ0) is 19.2. The maximum atomic E-state index is 12.2. The third kappa shape index (κ3) is 5.67. The highest BCUT2D eigenvalue weighted by Gasteiger charge is 2.07. The number of carbonyl (C=O) groups excluding carboxylic acids is 1. The molecule has 6 heteroatoms. The molecule has 0 heterocycles. The summed E-state index contributed by atoms with van der Waals surface area (Å²) in [5, 5.41) is 6.41. The fourth-order valence-electron chi connectivity index (χ4n) is 2.42. The molecule has 0 unspecified atom stereocenters. The maximum absolute atomic E-state index is 12.2. The van der Waals surface area contributed by atoms with E-state index in [1.165, 1.54) is 0 Å². The van der Waals surface area contributed by atoms with E-state index in [1.807, 2.05) is 91.1 Å². The van der Waals surface area contributed by atoms with Gasteiger partial charge in [0, 0.05) is 34.0 Å². The van der Waals surface area contributed by atoms with Crippen LogP contribution in [0.5, 0.6) is 0 Å². The Morgan fingerprint density at radius 2 is 1.59 bits per heavy atom. The molecular formula is C21H20ClN3OS. The van der Waals surface area contributed by atoms with Gasteiger partial charge < -0.3 is 14.9 Å². The van der Waals surface area contributed by atoms with Crippen molar-refractivity contribution in [2.24, 2.45) is 0 Å². The van der Waals surface area contributed by atoms with Crippen LogP contribution in [0.3, 0.4) is 0 Å². The van der Waals surface area contributed by atoms with Gasteiger partial charge >= 0.3 is 6.03 Å². The van der Waals surface area contributed by atoms with Crippen molar-refractivity contribution in [2.75, 3.05) is 22.0 Å². The summed E-state index contributed by atoms with van der Waals surface area (Å²) in [4.78, 5) is 13.2. The van der Waals surface area contributed by atoms with Gasteiger partial charge in [-0.1, -0.05) is 35.4 Å². The Morgan fingerprint density at radius 3 is 2.30 bits per heavy atom. The second kappa shape index (κ2) is 8.84. The lowest BCUT2D eigenvalue weighted by Crippen LogP contribution is -2.19. The largest absolute Gasteiger partial charge is 0.323 e. The predicted molar refractivity (Wildman–Crippen MR) is 116 cm³/mol. The molecule has 0 aliphatic heterocycles. The van der Waals surface area contributed by atoms with E-state index in [0.29, 0.717) is 5.02 Å². The van der Waals surface area contributed by atoms with Gasteiger partial charge in [0.15, 0.2) is 0 Å². The molecular weight excluding hydrogens is 378 g/mol. The van der Waals surface area contributed by atoms with E-state index in [-0.39, 0.29) is 6.03 Å². The first kappa shape index (κ1) is 19.1. The van der Waals surface area contributed by atoms with Crippen molar-refractivity contribution in [3.8, 4) is 0 Å². The minimum Gasteiger partial charge on any atom is -0.315 e. The quantitative estimate of drug-likeness (QED) is 0.487. The molecule has 4 nitrogen and oxygen atoms in total. The average Bonchev–Trinajstić information content (AvgIpc) is 2.64. The molecule has 0 aliphatic rings. The lowest BCUT2D eigenvalue weighted by molar-refractivity contribution is 0.262. The summed E-state index contributed by atoms with van der Waals surface area (Å²) in [5.41, 5.74) is 3.68. The molecule has 0 spiro atoms. The first-order chi connectivity index (χ1) is 13.0. The van der Waals surface area contributed by atoms with Gasteiger partial charge in [0.25, 0.3) is 0 Å². The lowest BCUT2D eigenvalue weighted by atomic mass is 10.2. The van der Waals surface area contributed by atoms with Crippen LogP contribution >= 0.6 is 23.5 Å². The molecule has 2 amide bonds. The third-order valence-corrected chi connectivity index (χ3v) is 5.04. The maximum Gasteiger partial charge on any atom is 0.323 e. The molecule has 0 aromatic heterocycles. The van der Waals surface area contributed by atoms with Crippen LogP contribution in [0.25, 0.3) is 0 Å². The number of hydrogen-bond acceptors (Lipinski definition) is 3. The molecule has 0 atom stereocenters. The molecule has 3 aromatic carbocycles. The van der Waals surface area contributed by atoms with Crippen LogP contribution in [0.1, 0.15) is 5.56 Å². The number of carbonyl (C=O) groups is 1. The van der Waals surface area contributed by atoms with Crippen molar-refractivity contribution in [1.82, 2.24) is 0 Å². The van der Waals surface area contributed by atoms with Crippen molar-refractivity contribution < 1.29 is 4.79 Å². The highest BCUT2D eigenvalue weighted by molar-refractivity contribution is 8.00. The van der Waals surface area contributed by atoms with Crippen molar-refractivity contribution in [3.63, 3.8) is 0 Å². The van der Waals surface area contributed by atoms with Crippen LogP contribution < -0.4 is 14.9 Å². The highest BCUT2D eigenvalue weighted by Crippen LogP contribution is 2.29. The number of benzene rings is 3. The van der Waals surface area contributed by atoms with E-state index in [9.17, 15) is 4.79 Å². The van der Waals surface area contributed by atoms with Crippen LogP contribution in [0.15, 0.2) is 77.7 Å². The molecule has 0 bridgehead atoms. The highest BCUT2D eigenvalue weighted by atomic mass is 35.5. The third-order valence-electron chi connectivity index (χ3n) is 3.83. The van der Waals surface area contributed by atoms with E-state index in [2.05, 4.69) is 10.6 Å². The molecule has 0 fully saturated rings. The molecule has 3 rings (SSSR count). The van der Waals surface area contributed by atoms with E-state index in [1.54, 1.807) is 11.9 Å². The standard InChI is InChI=1S/C21H20ClN3OS/c1-15-6-10-17(11-7-15)23-21(26)24-18-4-3-5-20(14-18)27-25(2)19-12-8-16(22)9-13-19/h3-14H,1-2H3,(H2,23,24,26). The smallest absolute Gasteiger partial charge is 0.315 e. The van der Waals surface area contributed by atoms with Gasteiger partial charge in [-0.3, -0.25) is 0 Å². The van der Waals surface area contributed by atoms with Crippen LogP contribution in [0.4, 0.5) is 21.9 Å². The van der Waals surface area contributed by atoms with Crippen LogP contribution in [-0.2, 0) is 0 Å². The number of urea groups is 1.